The molecule has 5 heteroatoms. The van der Waals surface area contributed by atoms with Gasteiger partial charge in [0.25, 0.3) is 0 Å². The number of phenols is 1. The van der Waals surface area contributed by atoms with Crippen molar-refractivity contribution in [1.82, 2.24) is 4.90 Å². The molecule has 1 aliphatic heterocycles. The molecule has 1 saturated heterocycles. The van der Waals surface area contributed by atoms with Crippen molar-refractivity contribution in [2.75, 3.05) is 13.2 Å². The molecule has 5 nitrogen and oxygen atoms in total. The lowest BCUT2D eigenvalue weighted by atomic mass is 10.0. The van der Waals surface area contributed by atoms with Gasteiger partial charge in [-0.1, -0.05) is 37.3 Å². The fraction of sp³-hybridized carbons (Fsp3) is 0.318. The highest BCUT2D eigenvalue weighted by atomic mass is 16.5. The summed E-state index contributed by atoms with van der Waals surface area (Å²) in [5.74, 6) is 0.166. The van der Waals surface area contributed by atoms with Crippen molar-refractivity contribution in [2.24, 2.45) is 0 Å². The zero-order valence-corrected chi connectivity index (χ0v) is 15.4. The minimum Gasteiger partial charge on any atom is -0.508 e. The van der Waals surface area contributed by atoms with Gasteiger partial charge in [-0.3, -0.25) is 4.90 Å². The van der Waals surface area contributed by atoms with Crippen LogP contribution >= 0.6 is 0 Å². The maximum absolute atomic E-state index is 12.1. The predicted molar refractivity (Wildman–Crippen MR) is 104 cm³/mol. The zero-order chi connectivity index (χ0) is 18.8. The van der Waals surface area contributed by atoms with Crippen LogP contribution in [0.4, 0.5) is 0 Å². The van der Waals surface area contributed by atoms with E-state index in [-0.39, 0.29) is 5.75 Å². The number of phenolic OH excluding ortho intramolecular Hbond substituents is 1. The number of nitrogens with zero attached hydrogens (tertiary/aromatic N) is 1. The molecule has 1 fully saturated rings. The monoisotopic (exact) mass is 365 g/mol. The van der Waals surface area contributed by atoms with E-state index in [2.05, 4.69) is 17.0 Å². The molecule has 0 bridgehead atoms. The van der Waals surface area contributed by atoms with Gasteiger partial charge in [0.15, 0.2) is 0 Å². The number of benzene rings is 2. The molecule has 4 rings (SSSR count). The number of rotatable bonds is 6. The first-order chi connectivity index (χ1) is 13.1. The van der Waals surface area contributed by atoms with Gasteiger partial charge in [-0.05, 0) is 29.2 Å². The van der Waals surface area contributed by atoms with Crippen LogP contribution in [-0.2, 0) is 24.2 Å². The van der Waals surface area contributed by atoms with Crippen LogP contribution in [0.15, 0.2) is 57.7 Å². The SMILES string of the molecule is CCc1cc2c(CN(Cc3ccccc3)C3COC3)cc(=O)oc2cc1O. The minimum atomic E-state index is -0.398. The third-order valence-corrected chi connectivity index (χ3v) is 5.15. The zero-order valence-electron chi connectivity index (χ0n) is 15.4. The van der Waals surface area contributed by atoms with Crippen LogP contribution < -0.4 is 5.63 Å². The van der Waals surface area contributed by atoms with Crippen molar-refractivity contribution in [1.29, 1.82) is 0 Å². The number of fused-ring (bicyclic) bond motifs is 1. The fourth-order valence-corrected chi connectivity index (χ4v) is 3.51. The van der Waals surface area contributed by atoms with E-state index in [1.165, 1.54) is 5.56 Å². The smallest absolute Gasteiger partial charge is 0.336 e. The maximum Gasteiger partial charge on any atom is 0.336 e. The summed E-state index contributed by atoms with van der Waals surface area (Å²) in [6, 6.07) is 15.7. The summed E-state index contributed by atoms with van der Waals surface area (Å²) in [5.41, 5.74) is 3.02. The Hall–Kier alpha value is -2.63. The van der Waals surface area contributed by atoms with E-state index in [4.69, 9.17) is 9.15 Å². The number of hydrogen-bond donors (Lipinski definition) is 1. The van der Waals surface area contributed by atoms with Gasteiger partial charge in [-0.2, -0.15) is 0 Å². The number of hydrogen-bond acceptors (Lipinski definition) is 5. The van der Waals surface area contributed by atoms with Gasteiger partial charge in [0.1, 0.15) is 11.3 Å². The van der Waals surface area contributed by atoms with Gasteiger partial charge in [-0.25, -0.2) is 4.79 Å². The Balaban J connectivity index is 1.71. The number of aromatic hydroxyl groups is 1. The molecule has 27 heavy (non-hydrogen) atoms. The van der Waals surface area contributed by atoms with Crippen molar-refractivity contribution in [3.8, 4) is 5.75 Å². The van der Waals surface area contributed by atoms with Crippen LogP contribution in [0.5, 0.6) is 5.75 Å². The first-order valence-electron chi connectivity index (χ1n) is 9.28. The third-order valence-electron chi connectivity index (χ3n) is 5.15. The lowest BCUT2D eigenvalue weighted by Crippen LogP contribution is -2.48. The van der Waals surface area contributed by atoms with Crippen molar-refractivity contribution in [3.05, 3.63) is 75.6 Å². The maximum atomic E-state index is 12.1. The Kier molecular flexibility index (Phi) is 4.97. The van der Waals surface area contributed by atoms with E-state index < -0.39 is 5.63 Å². The third kappa shape index (κ3) is 3.75. The summed E-state index contributed by atoms with van der Waals surface area (Å²) in [5, 5.41) is 11.0. The number of aryl methyl sites for hydroxylation is 1. The molecule has 2 heterocycles. The average molecular weight is 365 g/mol. The lowest BCUT2D eigenvalue weighted by Gasteiger charge is -2.37. The highest BCUT2D eigenvalue weighted by Crippen LogP contribution is 2.28. The van der Waals surface area contributed by atoms with E-state index in [1.807, 2.05) is 31.2 Å². The fourth-order valence-electron chi connectivity index (χ4n) is 3.51. The summed E-state index contributed by atoms with van der Waals surface area (Å²) in [6.07, 6.45) is 0.713. The van der Waals surface area contributed by atoms with E-state index in [1.54, 1.807) is 12.1 Å². The Bertz CT molecular complexity index is 992. The summed E-state index contributed by atoms with van der Waals surface area (Å²) in [7, 11) is 0. The van der Waals surface area contributed by atoms with Crippen LogP contribution in [0, 0.1) is 0 Å². The van der Waals surface area contributed by atoms with E-state index >= 15 is 0 Å². The first-order valence-corrected chi connectivity index (χ1v) is 9.28. The van der Waals surface area contributed by atoms with Crippen LogP contribution in [0.1, 0.15) is 23.6 Å². The minimum absolute atomic E-state index is 0.166. The van der Waals surface area contributed by atoms with Crippen molar-refractivity contribution in [2.45, 2.75) is 32.5 Å². The van der Waals surface area contributed by atoms with E-state index in [0.29, 0.717) is 37.8 Å². The second kappa shape index (κ2) is 7.55. The van der Waals surface area contributed by atoms with Gasteiger partial charge in [0, 0.05) is 30.6 Å². The first kappa shape index (κ1) is 17.8. The Labute approximate surface area is 157 Å². The Morgan fingerprint density at radius 1 is 1.07 bits per heavy atom. The quantitative estimate of drug-likeness (QED) is 0.678. The normalized spacial score (nSPS) is 14.6. The summed E-state index contributed by atoms with van der Waals surface area (Å²) in [6.45, 7) is 4.81. The second-order valence-corrected chi connectivity index (χ2v) is 7.00. The molecular weight excluding hydrogens is 342 g/mol. The number of ether oxygens (including phenoxy) is 1. The highest BCUT2D eigenvalue weighted by molar-refractivity contribution is 5.82. The topological polar surface area (TPSA) is 62.9 Å². The molecular formula is C22H23NO4. The summed E-state index contributed by atoms with van der Waals surface area (Å²) in [4.78, 5) is 14.4. The Morgan fingerprint density at radius 2 is 1.85 bits per heavy atom. The molecule has 0 radical (unpaired) electrons. The van der Waals surface area contributed by atoms with Gasteiger partial charge in [0.05, 0.1) is 19.3 Å². The molecule has 0 amide bonds. The molecule has 1 aliphatic rings. The molecule has 0 atom stereocenters. The molecule has 1 N–H and O–H groups in total. The van der Waals surface area contributed by atoms with Crippen LogP contribution in [-0.4, -0.2) is 29.3 Å². The molecule has 0 aliphatic carbocycles. The molecule has 0 saturated carbocycles. The molecule has 3 aromatic rings. The van der Waals surface area contributed by atoms with Crippen LogP contribution in [0.3, 0.4) is 0 Å². The van der Waals surface area contributed by atoms with Crippen molar-refractivity contribution >= 4 is 11.0 Å². The van der Waals surface area contributed by atoms with Gasteiger partial charge in [0.2, 0.25) is 0 Å². The molecule has 140 valence electrons. The van der Waals surface area contributed by atoms with E-state index in [0.717, 1.165) is 23.1 Å². The second-order valence-electron chi connectivity index (χ2n) is 7.00. The van der Waals surface area contributed by atoms with Crippen LogP contribution in [0.2, 0.25) is 0 Å². The lowest BCUT2D eigenvalue weighted by molar-refractivity contribution is -0.0711. The molecule has 2 aromatic carbocycles. The van der Waals surface area contributed by atoms with E-state index in [9.17, 15) is 9.90 Å². The van der Waals surface area contributed by atoms with Crippen LogP contribution in [0.25, 0.3) is 11.0 Å². The average Bonchev–Trinajstić information content (AvgIpc) is 2.60. The van der Waals surface area contributed by atoms with Crippen molar-refractivity contribution in [3.63, 3.8) is 0 Å². The van der Waals surface area contributed by atoms with Gasteiger partial charge in [-0.15, -0.1) is 0 Å². The predicted octanol–water partition coefficient (Wildman–Crippen LogP) is 3.46. The summed E-state index contributed by atoms with van der Waals surface area (Å²) >= 11 is 0. The Morgan fingerprint density at radius 3 is 2.52 bits per heavy atom. The van der Waals surface area contributed by atoms with Gasteiger partial charge >= 0.3 is 5.63 Å². The standard InChI is InChI=1S/C22H23NO4/c1-2-16-8-19-17(9-22(25)27-21(19)10-20(16)24)12-23(18-13-26-14-18)11-15-6-4-3-5-7-15/h3-10,18,24H,2,11-14H2,1H3. The molecule has 0 unspecified atom stereocenters. The largest absolute Gasteiger partial charge is 0.508 e. The molecule has 0 spiro atoms. The van der Waals surface area contributed by atoms with Crippen molar-refractivity contribution < 1.29 is 14.3 Å². The van der Waals surface area contributed by atoms with Gasteiger partial charge < -0.3 is 14.3 Å². The highest BCUT2D eigenvalue weighted by Gasteiger charge is 2.27. The summed E-state index contributed by atoms with van der Waals surface area (Å²) < 4.78 is 10.7. The molecule has 1 aromatic heterocycles.